The number of hydrogen-bond acceptors (Lipinski definition) is 2. The Morgan fingerprint density at radius 1 is 1.27 bits per heavy atom. The molecule has 0 unspecified atom stereocenters. The number of aliphatic hydroxyl groups is 2. The third-order valence-electron chi connectivity index (χ3n) is 1.22. The second-order valence-electron chi connectivity index (χ2n) is 2.29. The fourth-order valence-corrected chi connectivity index (χ4v) is 0.638. The Kier molecular flexibility index (Phi) is 7.10. The number of aliphatic hydroxyl groups excluding tert-OH is 2. The van der Waals surface area contributed by atoms with Crippen LogP contribution in [0.4, 0.5) is 0 Å². The minimum atomic E-state index is -0.704. The van der Waals surface area contributed by atoms with Crippen molar-refractivity contribution < 1.29 is 10.2 Å². The molecule has 0 fully saturated rings. The molecule has 64 valence electrons. The normalized spacial score (nSPS) is 14.8. The maximum Gasteiger partial charge on any atom is 0.0951 e. The Labute approximate surface area is 67.9 Å². The summed E-state index contributed by atoms with van der Waals surface area (Å²) in [5, 5.41) is 17.3. The highest BCUT2D eigenvalue weighted by Gasteiger charge is 1.90. The van der Waals surface area contributed by atoms with Crippen molar-refractivity contribution in [3.05, 3.63) is 24.3 Å². The zero-order valence-electron chi connectivity index (χ0n) is 6.90. The van der Waals surface area contributed by atoms with Crippen molar-refractivity contribution in [3.63, 3.8) is 0 Å². The number of rotatable bonds is 5. The first-order valence-electron chi connectivity index (χ1n) is 3.91. The molecule has 0 aromatic carbocycles. The Morgan fingerprint density at radius 2 is 2.00 bits per heavy atom. The van der Waals surface area contributed by atoms with Gasteiger partial charge in [-0.05, 0) is 12.8 Å². The Bertz CT molecular complexity index is 128. The van der Waals surface area contributed by atoms with Crippen LogP contribution in [0.1, 0.15) is 19.8 Å². The molecule has 0 saturated carbocycles. The van der Waals surface area contributed by atoms with Crippen molar-refractivity contribution in [1.29, 1.82) is 0 Å². The molecule has 0 aliphatic rings. The molecule has 0 amide bonds. The van der Waals surface area contributed by atoms with E-state index in [9.17, 15) is 0 Å². The van der Waals surface area contributed by atoms with Crippen LogP contribution < -0.4 is 0 Å². The minimum Gasteiger partial charge on any atom is -0.393 e. The lowest BCUT2D eigenvalue weighted by atomic mass is 10.3. The topological polar surface area (TPSA) is 40.5 Å². The molecule has 0 bridgehead atoms. The van der Waals surface area contributed by atoms with Gasteiger partial charge in [0.2, 0.25) is 0 Å². The summed E-state index contributed by atoms with van der Waals surface area (Å²) in [6, 6.07) is 0. The van der Waals surface area contributed by atoms with Crippen molar-refractivity contribution in [2.45, 2.75) is 25.9 Å². The molecule has 0 aromatic heterocycles. The van der Waals surface area contributed by atoms with Gasteiger partial charge in [-0.1, -0.05) is 31.2 Å². The van der Waals surface area contributed by atoms with E-state index >= 15 is 0 Å². The Hall–Kier alpha value is -0.600. The summed E-state index contributed by atoms with van der Waals surface area (Å²) in [6.07, 6.45) is 8.69. The van der Waals surface area contributed by atoms with Crippen molar-refractivity contribution >= 4 is 0 Å². The van der Waals surface area contributed by atoms with Crippen LogP contribution >= 0.6 is 0 Å². The quantitative estimate of drug-likeness (QED) is 0.588. The van der Waals surface area contributed by atoms with Crippen LogP contribution in [0, 0.1) is 0 Å². The van der Waals surface area contributed by atoms with Gasteiger partial charge in [0, 0.05) is 0 Å². The number of hydrogen-bond donors (Lipinski definition) is 2. The van der Waals surface area contributed by atoms with Gasteiger partial charge in [0.05, 0.1) is 12.7 Å². The average Bonchev–Trinajstić information content (AvgIpc) is 2.04. The van der Waals surface area contributed by atoms with Gasteiger partial charge in [-0.25, -0.2) is 0 Å². The summed E-state index contributed by atoms with van der Waals surface area (Å²) in [5.41, 5.74) is 0. The zero-order chi connectivity index (χ0) is 8.53. The molecule has 11 heavy (non-hydrogen) atoms. The monoisotopic (exact) mass is 156 g/mol. The minimum absolute atomic E-state index is 0.200. The molecular weight excluding hydrogens is 140 g/mol. The van der Waals surface area contributed by atoms with E-state index in [1.54, 1.807) is 6.08 Å². The molecule has 2 N–H and O–H groups in total. The fraction of sp³-hybridized carbons (Fsp3) is 0.556. The first kappa shape index (κ1) is 10.4. The summed E-state index contributed by atoms with van der Waals surface area (Å²) in [7, 11) is 0. The summed E-state index contributed by atoms with van der Waals surface area (Å²) >= 11 is 0. The lowest BCUT2D eigenvalue weighted by Gasteiger charge is -1.96. The van der Waals surface area contributed by atoms with Crippen LogP contribution in [0.2, 0.25) is 0 Å². The molecule has 0 aliphatic heterocycles. The van der Waals surface area contributed by atoms with E-state index in [-0.39, 0.29) is 6.61 Å². The molecule has 0 radical (unpaired) electrons. The van der Waals surface area contributed by atoms with E-state index in [2.05, 4.69) is 13.0 Å². The zero-order valence-corrected chi connectivity index (χ0v) is 6.90. The van der Waals surface area contributed by atoms with Crippen molar-refractivity contribution in [1.82, 2.24) is 0 Å². The van der Waals surface area contributed by atoms with E-state index in [0.29, 0.717) is 0 Å². The van der Waals surface area contributed by atoms with E-state index in [1.807, 2.05) is 12.2 Å². The van der Waals surface area contributed by atoms with E-state index in [1.165, 1.54) is 0 Å². The molecule has 0 aromatic rings. The Morgan fingerprint density at radius 3 is 2.55 bits per heavy atom. The van der Waals surface area contributed by atoms with Crippen LogP contribution in [-0.2, 0) is 0 Å². The second kappa shape index (κ2) is 7.51. The van der Waals surface area contributed by atoms with Crippen molar-refractivity contribution in [2.24, 2.45) is 0 Å². The van der Waals surface area contributed by atoms with E-state index in [0.717, 1.165) is 12.8 Å². The fourth-order valence-electron chi connectivity index (χ4n) is 0.638. The molecule has 0 aliphatic carbocycles. The van der Waals surface area contributed by atoms with E-state index < -0.39 is 6.10 Å². The lowest BCUT2D eigenvalue weighted by molar-refractivity contribution is 0.131. The van der Waals surface area contributed by atoms with Gasteiger partial charge in [0.25, 0.3) is 0 Å². The lowest BCUT2D eigenvalue weighted by Crippen LogP contribution is -2.06. The molecule has 1 atom stereocenters. The van der Waals surface area contributed by atoms with Gasteiger partial charge in [0.1, 0.15) is 0 Å². The third kappa shape index (κ3) is 7.30. The SMILES string of the molecule is CC/C=C\C/C=C\[C@H](O)CO. The smallest absolute Gasteiger partial charge is 0.0951 e. The highest BCUT2D eigenvalue weighted by atomic mass is 16.3. The predicted molar refractivity (Wildman–Crippen MR) is 46.3 cm³/mol. The summed E-state index contributed by atoms with van der Waals surface area (Å²) in [6.45, 7) is 1.87. The molecule has 2 heteroatoms. The first-order valence-corrected chi connectivity index (χ1v) is 3.91. The molecular formula is C9H16O2. The second-order valence-corrected chi connectivity index (χ2v) is 2.29. The van der Waals surface area contributed by atoms with Crippen molar-refractivity contribution in [2.75, 3.05) is 6.61 Å². The highest BCUT2D eigenvalue weighted by molar-refractivity contribution is 4.95. The third-order valence-corrected chi connectivity index (χ3v) is 1.22. The van der Waals surface area contributed by atoms with Gasteiger partial charge in [-0.3, -0.25) is 0 Å². The molecule has 2 nitrogen and oxygen atoms in total. The van der Waals surface area contributed by atoms with Gasteiger partial charge in [0.15, 0.2) is 0 Å². The maximum absolute atomic E-state index is 8.85. The van der Waals surface area contributed by atoms with Crippen LogP contribution in [0.15, 0.2) is 24.3 Å². The van der Waals surface area contributed by atoms with Gasteiger partial charge >= 0.3 is 0 Å². The van der Waals surface area contributed by atoms with Gasteiger partial charge in [-0.15, -0.1) is 0 Å². The predicted octanol–water partition coefficient (Wildman–Crippen LogP) is 1.25. The molecule has 0 heterocycles. The molecule has 0 rings (SSSR count). The van der Waals surface area contributed by atoms with Crippen LogP contribution in [0.3, 0.4) is 0 Å². The van der Waals surface area contributed by atoms with E-state index in [4.69, 9.17) is 10.2 Å². The molecule has 0 spiro atoms. The van der Waals surface area contributed by atoms with Crippen molar-refractivity contribution in [3.8, 4) is 0 Å². The summed E-state index contributed by atoms with van der Waals surface area (Å²) < 4.78 is 0. The van der Waals surface area contributed by atoms with Gasteiger partial charge < -0.3 is 10.2 Å². The van der Waals surface area contributed by atoms with Crippen LogP contribution in [0.25, 0.3) is 0 Å². The maximum atomic E-state index is 8.85. The standard InChI is InChI=1S/C9H16O2/c1-2-3-4-5-6-7-9(11)8-10/h3-4,6-7,9-11H,2,5,8H2,1H3/b4-3-,7-6-/t9-/m0/s1. The first-order chi connectivity index (χ1) is 5.31. The molecule has 0 saturated heterocycles. The summed E-state index contributed by atoms with van der Waals surface area (Å²) in [4.78, 5) is 0. The average molecular weight is 156 g/mol. The Balaban J connectivity index is 3.36. The van der Waals surface area contributed by atoms with Crippen LogP contribution in [-0.4, -0.2) is 22.9 Å². The number of allylic oxidation sites excluding steroid dienone is 3. The van der Waals surface area contributed by atoms with Crippen LogP contribution in [0.5, 0.6) is 0 Å². The largest absolute Gasteiger partial charge is 0.393 e. The van der Waals surface area contributed by atoms with Gasteiger partial charge in [-0.2, -0.15) is 0 Å². The highest BCUT2D eigenvalue weighted by Crippen LogP contribution is 1.90. The summed E-state index contributed by atoms with van der Waals surface area (Å²) in [5.74, 6) is 0.